The molecule has 9 nitrogen and oxygen atoms in total. The van der Waals surface area contributed by atoms with E-state index in [1.165, 1.54) is 180 Å². The second-order valence-corrected chi connectivity index (χ2v) is 17.6. The number of hydrogen-bond acceptors (Lipinski definition) is 8. The zero-order chi connectivity index (χ0) is 41.6. The molecule has 1 aliphatic rings. The summed E-state index contributed by atoms with van der Waals surface area (Å²) in [5.74, 6) is -0.139. The van der Waals surface area contributed by atoms with Crippen LogP contribution in [0.1, 0.15) is 245 Å². The monoisotopic (exact) mass is 814 g/mol. The molecule has 57 heavy (non-hydrogen) atoms. The molecule has 6 N–H and O–H groups in total. The van der Waals surface area contributed by atoms with E-state index in [1.54, 1.807) is 0 Å². The summed E-state index contributed by atoms with van der Waals surface area (Å²) in [4.78, 5) is 13.0. The van der Waals surface area contributed by atoms with Crippen LogP contribution in [0.15, 0.2) is 0 Å². The Labute approximate surface area is 351 Å². The molecule has 0 aromatic carbocycles. The summed E-state index contributed by atoms with van der Waals surface area (Å²) in [5.41, 5.74) is 0. The van der Waals surface area contributed by atoms with Crippen LogP contribution in [0.4, 0.5) is 0 Å². The topological polar surface area (TPSA) is 149 Å². The van der Waals surface area contributed by atoms with Gasteiger partial charge in [-0.2, -0.15) is 0 Å². The predicted octanol–water partition coefficient (Wildman–Crippen LogP) is 10.7. The molecule has 0 aliphatic carbocycles. The average Bonchev–Trinajstić information content (AvgIpc) is 3.21. The zero-order valence-electron chi connectivity index (χ0n) is 37.4. The molecule has 0 bridgehead atoms. The number of unbranched alkanes of at least 4 members (excludes halogenated alkanes) is 32. The van der Waals surface area contributed by atoms with Gasteiger partial charge in [0.05, 0.1) is 25.4 Å². The van der Waals surface area contributed by atoms with E-state index < -0.39 is 49.5 Å². The minimum atomic E-state index is -1.55. The van der Waals surface area contributed by atoms with Crippen LogP contribution < -0.4 is 5.32 Å². The van der Waals surface area contributed by atoms with Gasteiger partial charge in [0.2, 0.25) is 5.91 Å². The number of rotatable bonds is 42. The van der Waals surface area contributed by atoms with Gasteiger partial charge >= 0.3 is 0 Å². The lowest BCUT2D eigenvalue weighted by atomic mass is 9.99. The van der Waals surface area contributed by atoms with Crippen molar-refractivity contribution in [1.82, 2.24) is 5.32 Å². The third kappa shape index (κ3) is 30.0. The highest BCUT2D eigenvalue weighted by Crippen LogP contribution is 2.23. The lowest BCUT2D eigenvalue weighted by molar-refractivity contribution is -0.302. The Kier molecular flexibility index (Phi) is 37.4. The number of aliphatic hydroxyl groups is 5. The number of nitrogens with one attached hydrogen (secondary N) is 1. The van der Waals surface area contributed by atoms with E-state index in [2.05, 4.69) is 19.2 Å². The van der Waals surface area contributed by atoms with Gasteiger partial charge in [-0.25, -0.2) is 0 Å². The molecule has 0 unspecified atom stereocenters. The van der Waals surface area contributed by atoms with Crippen LogP contribution in [0.25, 0.3) is 0 Å². The van der Waals surface area contributed by atoms with E-state index in [0.717, 1.165) is 38.5 Å². The number of ether oxygens (including phenoxy) is 2. The quantitative estimate of drug-likeness (QED) is 0.0334. The second-order valence-electron chi connectivity index (χ2n) is 17.6. The summed E-state index contributed by atoms with van der Waals surface area (Å²) >= 11 is 0. The molecule has 1 aliphatic heterocycles. The molecule has 7 atom stereocenters. The van der Waals surface area contributed by atoms with Crippen LogP contribution >= 0.6 is 0 Å². The van der Waals surface area contributed by atoms with Crippen LogP contribution in [-0.2, 0) is 14.3 Å². The van der Waals surface area contributed by atoms with Crippen molar-refractivity contribution in [3.8, 4) is 0 Å². The standard InChI is InChI=1S/C48H95NO8/c1-3-5-7-9-11-13-15-17-18-19-20-21-22-23-24-26-28-30-32-34-36-38-44(52)49-41(40-56-48-47(55)46(54)45(53)43(39-50)57-48)42(51)37-35-33-31-29-27-25-16-14-12-10-8-6-4-2/h41-43,45-48,50-51,53-55H,3-40H2,1-2H3,(H,49,52)/t41-,42+,43-,45-,46+,47-,48+/m1/s1. The van der Waals surface area contributed by atoms with Crippen LogP contribution in [0.2, 0.25) is 0 Å². The number of carbonyl (C=O) groups is 1. The van der Waals surface area contributed by atoms with Gasteiger partial charge in [0.15, 0.2) is 6.29 Å². The molecule has 0 spiro atoms. The van der Waals surface area contributed by atoms with Gasteiger partial charge in [-0.3, -0.25) is 4.79 Å². The lowest BCUT2D eigenvalue weighted by Crippen LogP contribution is -2.60. The van der Waals surface area contributed by atoms with Crippen LogP contribution in [-0.4, -0.2) is 87.5 Å². The first kappa shape index (κ1) is 54.2. The van der Waals surface area contributed by atoms with Gasteiger partial charge in [-0.1, -0.05) is 226 Å². The van der Waals surface area contributed by atoms with Gasteiger partial charge in [0.25, 0.3) is 0 Å². The van der Waals surface area contributed by atoms with Crippen molar-refractivity contribution in [2.45, 2.75) is 288 Å². The molecule has 9 heteroatoms. The highest BCUT2D eigenvalue weighted by molar-refractivity contribution is 5.76. The van der Waals surface area contributed by atoms with E-state index in [-0.39, 0.29) is 12.5 Å². The SMILES string of the molecule is CCCCCCCCCCCCCCCCCCCCCCCC(=O)N[C@H](CO[C@H]1O[C@H](CO)[C@@H](O)[C@H](O)[C@H]1O)[C@@H](O)CCCCCCCCCCCCCCC. The zero-order valence-corrected chi connectivity index (χ0v) is 37.4. The Balaban J connectivity index is 2.24. The van der Waals surface area contributed by atoms with E-state index >= 15 is 0 Å². The van der Waals surface area contributed by atoms with Crippen molar-refractivity contribution < 1.29 is 39.8 Å². The van der Waals surface area contributed by atoms with Gasteiger partial charge in [0, 0.05) is 6.42 Å². The second kappa shape index (κ2) is 39.3. The Morgan fingerprint density at radius 1 is 0.526 bits per heavy atom. The molecule has 0 saturated carbocycles. The fourth-order valence-corrected chi connectivity index (χ4v) is 8.22. The van der Waals surface area contributed by atoms with E-state index in [4.69, 9.17) is 9.47 Å². The first-order valence-electron chi connectivity index (χ1n) is 24.7. The maximum Gasteiger partial charge on any atom is 0.220 e. The highest BCUT2D eigenvalue weighted by Gasteiger charge is 2.44. The van der Waals surface area contributed by atoms with E-state index in [1.807, 2.05) is 0 Å². The maximum atomic E-state index is 13.0. The molecule has 0 aromatic rings. The summed E-state index contributed by atoms with van der Waals surface area (Å²) in [7, 11) is 0. The van der Waals surface area contributed by atoms with Gasteiger partial charge in [0.1, 0.15) is 24.4 Å². The van der Waals surface area contributed by atoms with Crippen molar-refractivity contribution in [2.75, 3.05) is 13.2 Å². The molecular weight excluding hydrogens is 719 g/mol. The molecule has 0 aromatic heterocycles. The van der Waals surface area contributed by atoms with Crippen molar-refractivity contribution >= 4 is 5.91 Å². The maximum absolute atomic E-state index is 13.0. The molecular formula is C48H95NO8. The number of aliphatic hydroxyl groups excluding tert-OH is 5. The Bertz CT molecular complexity index is 862. The minimum Gasteiger partial charge on any atom is -0.394 e. The average molecular weight is 814 g/mol. The highest BCUT2D eigenvalue weighted by atomic mass is 16.7. The van der Waals surface area contributed by atoms with Gasteiger partial charge < -0.3 is 40.3 Å². The number of hydrogen-bond donors (Lipinski definition) is 6. The van der Waals surface area contributed by atoms with Gasteiger partial charge in [-0.05, 0) is 12.8 Å². The fraction of sp³-hybridized carbons (Fsp3) is 0.979. The Hall–Kier alpha value is -0.810. The fourth-order valence-electron chi connectivity index (χ4n) is 8.22. The third-order valence-corrected chi connectivity index (χ3v) is 12.2. The van der Waals surface area contributed by atoms with E-state index in [9.17, 15) is 30.3 Å². The summed E-state index contributed by atoms with van der Waals surface area (Å²) in [5, 5.41) is 54.4. The predicted molar refractivity (Wildman–Crippen MR) is 235 cm³/mol. The van der Waals surface area contributed by atoms with Crippen molar-refractivity contribution in [3.63, 3.8) is 0 Å². The normalized spacial score (nSPS) is 20.9. The first-order chi connectivity index (χ1) is 27.8. The third-order valence-electron chi connectivity index (χ3n) is 12.2. The minimum absolute atomic E-state index is 0.132. The van der Waals surface area contributed by atoms with Crippen LogP contribution in [0, 0.1) is 0 Å². The number of carbonyl (C=O) groups excluding carboxylic acids is 1. The van der Waals surface area contributed by atoms with Gasteiger partial charge in [-0.15, -0.1) is 0 Å². The van der Waals surface area contributed by atoms with Crippen molar-refractivity contribution in [3.05, 3.63) is 0 Å². The lowest BCUT2D eigenvalue weighted by Gasteiger charge is -2.40. The largest absolute Gasteiger partial charge is 0.394 e. The van der Waals surface area contributed by atoms with Crippen molar-refractivity contribution in [1.29, 1.82) is 0 Å². The molecule has 1 amide bonds. The summed E-state index contributed by atoms with van der Waals surface area (Å²) in [6.45, 7) is 3.85. The first-order valence-corrected chi connectivity index (χ1v) is 24.7. The summed E-state index contributed by atoms with van der Waals surface area (Å²) in [6.07, 6.45) is 36.8. The molecule has 1 rings (SSSR count). The molecule has 1 heterocycles. The van der Waals surface area contributed by atoms with Crippen molar-refractivity contribution in [2.24, 2.45) is 0 Å². The number of amides is 1. The summed E-state index contributed by atoms with van der Waals surface area (Å²) in [6, 6.07) is -0.711. The van der Waals surface area contributed by atoms with E-state index in [0.29, 0.717) is 12.8 Å². The summed E-state index contributed by atoms with van der Waals surface area (Å²) < 4.78 is 11.3. The Morgan fingerprint density at radius 3 is 1.25 bits per heavy atom. The molecule has 1 fully saturated rings. The molecule has 1 saturated heterocycles. The van der Waals surface area contributed by atoms with Crippen LogP contribution in [0.3, 0.4) is 0 Å². The molecule has 0 radical (unpaired) electrons. The Morgan fingerprint density at radius 2 is 0.877 bits per heavy atom. The smallest absolute Gasteiger partial charge is 0.220 e. The van der Waals surface area contributed by atoms with Crippen LogP contribution in [0.5, 0.6) is 0 Å². The molecule has 340 valence electrons.